The van der Waals surface area contributed by atoms with Gasteiger partial charge >= 0.3 is 5.97 Å². The van der Waals surface area contributed by atoms with Crippen molar-refractivity contribution in [1.29, 1.82) is 0 Å². The Balaban J connectivity index is 1.69. The van der Waals surface area contributed by atoms with E-state index in [-0.39, 0.29) is 12.5 Å². The Labute approximate surface area is 169 Å². The number of ether oxygens (including phenoxy) is 2. The number of methoxy groups -OCH3 is 1. The lowest BCUT2D eigenvalue weighted by Crippen LogP contribution is -2.52. The SMILES string of the molecule is CCCC(C)(NC(=O)c1cccc(OCc2cn3ccccc3n2)c1)C(=O)OC. The number of esters is 1. The molecule has 0 aliphatic heterocycles. The minimum atomic E-state index is -1.08. The van der Waals surface area contributed by atoms with Crippen molar-refractivity contribution >= 4 is 17.5 Å². The number of imidazole rings is 1. The first-order valence-corrected chi connectivity index (χ1v) is 9.51. The Morgan fingerprint density at radius 3 is 2.76 bits per heavy atom. The van der Waals surface area contributed by atoms with Crippen LogP contribution < -0.4 is 10.1 Å². The van der Waals surface area contributed by atoms with E-state index in [1.54, 1.807) is 31.2 Å². The number of hydrogen-bond acceptors (Lipinski definition) is 5. The van der Waals surface area contributed by atoms with Gasteiger partial charge in [-0.15, -0.1) is 0 Å². The van der Waals surface area contributed by atoms with Gasteiger partial charge in [0.15, 0.2) is 0 Å². The maximum absolute atomic E-state index is 12.7. The third kappa shape index (κ3) is 4.74. The number of fused-ring (bicyclic) bond motifs is 1. The van der Waals surface area contributed by atoms with E-state index >= 15 is 0 Å². The average molecular weight is 395 g/mol. The van der Waals surface area contributed by atoms with Crippen LogP contribution in [-0.2, 0) is 16.1 Å². The summed E-state index contributed by atoms with van der Waals surface area (Å²) in [4.78, 5) is 29.3. The van der Waals surface area contributed by atoms with Crippen molar-refractivity contribution in [3.8, 4) is 5.75 Å². The van der Waals surface area contributed by atoms with Gasteiger partial charge in [-0.3, -0.25) is 4.79 Å². The van der Waals surface area contributed by atoms with Gasteiger partial charge in [0, 0.05) is 18.0 Å². The molecule has 0 radical (unpaired) electrons. The zero-order valence-corrected chi connectivity index (χ0v) is 16.8. The molecule has 3 rings (SSSR count). The number of carbonyl (C=O) groups is 2. The number of aromatic nitrogens is 2. The number of hydrogen-bond donors (Lipinski definition) is 1. The highest BCUT2D eigenvalue weighted by Crippen LogP contribution is 2.19. The molecule has 7 heteroatoms. The maximum Gasteiger partial charge on any atom is 0.331 e. The number of pyridine rings is 1. The summed E-state index contributed by atoms with van der Waals surface area (Å²) < 4.78 is 12.6. The molecule has 0 fully saturated rings. The average Bonchev–Trinajstić information content (AvgIpc) is 3.15. The molecule has 0 saturated carbocycles. The van der Waals surface area contributed by atoms with Gasteiger partial charge in [0.05, 0.1) is 12.8 Å². The molecular formula is C22H25N3O4. The van der Waals surface area contributed by atoms with Crippen LogP contribution >= 0.6 is 0 Å². The van der Waals surface area contributed by atoms with Gasteiger partial charge in [0.25, 0.3) is 5.91 Å². The van der Waals surface area contributed by atoms with Crippen molar-refractivity contribution in [1.82, 2.24) is 14.7 Å². The summed E-state index contributed by atoms with van der Waals surface area (Å²) in [5, 5.41) is 2.80. The largest absolute Gasteiger partial charge is 0.487 e. The fourth-order valence-corrected chi connectivity index (χ4v) is 3.20. The van der Waals surface area contributed by atoms with Crippen LogP contribution in [0.4, 0.5) is 0 Å². The third-order valence-corrected chi connectivity index (χ3v) is 4.67. The van der Waals surface area contributed by atoms with Crippen molar-refractivity contribution in [3.63, 3.8) is 0 Å². The van der Waals surface area contributed by atoms with Crippen molar-refractivity contribution in [2.75, 3.05) is 7.11 Å². The summed E-state index contributed by atoms with van der Waals surface area (Å²) in [6.07, 6.45) is 5.04. The van der Waals surface area contributed by atoms with Crippen LogP contribution in [-0.4, -0.2) is 33.9 Å². The zero-order chi connectivity index (χ0) is 20.9. The highest BCUT2D eigenvalue weighted by molar-refractivity contribution is 5.98. The number of rotatable bonds is 8. The molecule has 152 valence electrons. The first-order chi connectivity index (χ1) is 13.9. The van der Waals surface area contributed by atoms with Gasteiger partial charge in [-0.05, 0) is 43.7 Å². The molecule has 0 bridgehead atoms. The smallest absolute Gasteiger partial charge is 0.331 e. The monoisotopic (exact) mass is 395 g/mol. The predicted octanol–water partition coefficient (Wildman–Crippen LogP) is 3.37. The molecule has 0 aliphatic carbocycles. The summed E-state index contributed by atoms with van der Waals surface area (Å²) in [5.41, 5.74) is 0.960. The van der Waals surface area contributed by atoms with E-state index in [0.717, 1.165) is 17.8 Å². The van der Waals surface area contributed by atoms with Crippen LogP contribution in [0.1, 0.15) is 42.7 Å². The Bertz CT molecular complexity index is 981. The summed E-state index contributed by atoms with van der Waals surface area (Å²) >= 11 is 0. The molecule has 0 saturated heterocycles. The van der Waals surface area contributed by atoms with E-state index in [1.807, 2.05) is 41.9 Å². The van der Waals surface area contributed by atoms with Crippen LogP contribution in [0.3, 0.4) is 0 Å². The molecular weight excluding hydrogens is 370 g/mol. The topological polar surface area (TPSA) is 81.9 Å². The highest BCUT2D eigenvalue weighted by atomic mass is 16.5. The molecule has 0 spiro atoms. The van der Waals surface area contributed by atoms with E-state index in [4.69, 9.17) is 9.47 Å². The van der Waals surface area contributed by atoms with Crippen molar-refractivity contribution in [2.24, 2.45) is 0 Å². The standard InChI is InChI=1S/C22H25N3O4/c1-4-11-22(2,21(27)28-3)24-20(26)16-8-7-9-18(13-16)29-15-17-14-25-12-6-5-10-19(25)23-17/h5-10,12-14H,4,11,15H2,1-3H3,(H,24,26). The molecule has 1 atom stereocenters. The van der Waals surface area contributed by atoms with Crippen molar-refractivity contribution in [3.05, 3.63) is 66.1 Å². The number of carbonyl (C=O) groups excluding carboxylic acids is 2. The molecule has 1 amide bonds. The van der Waals surface area contributed by atoms with Crippen molar-refractivity contribution < 1.29 is 19.1 Å². The van der Waals surface area contributed by atoms with Gasteiger partial charge in [-0.2, -0.15) is 0 Å². The second-order valence-corrected chi connectivity index (χ2v) is 7.04. The van der Waals surface area contributed by atoms with E-state index in [1.165, 1.54) is 7.11 Å². The molecule has 2 aromatic heterocycles. The Kier molecular flexibility index (Phi) is 6.16. The Morgan fingerprint density at radius 1 is 1.21 bits per heavy atom. The molecule has 2 heterocycles. The Hall–Kier alpha value is -3.35. The fourth-order valence-electron chi connectivity index (χ4n) is 3.20. The van der Waals surface area contributed by atoms with Crippen LogP contribution in [0.15, 0.2) is 54.9 Å². The predicted molar refractivity (Wildman–Crippen MR) is 109 cm³/mol. The Morgan fingerprint density at radius 2 is 2.03 bits per heavy atom. The van der Waals surface area contributed by atoms with Crippen molar-refractivity contribution in [2.45, 2.75) is 38.8 Å². The van der Waals surface area contributed by atoms with E-state index in [9.17, 15) is 9.59 Å². The van der Waals surface area contributed by atoms with E-state index in [0.29, 0.717) is 17.7 Å². The number of nitrogens with zero attached hydrogens (tertiary/aromatic N) is 2. The lowest BCUT2D eigenvalue weighted by molar-refractivity contribution is -0.147. The summed E-state index contributed by atoms with van der Waals surface area (Å²) in [6, 6.07) is 12.6. The van der Waals surface area contributed by atoms with E-state index < -0.39 is 11.5 Å². The lowest BCUT2D eigenvalue weighted by atomic mass is 9.95. The number of benzene rings is 1. The summed E-state index contributed by atoms with van der Waals surface area (Å²) in [5.74, 6) is -0.276. The first-order valence-electron chi connectivity index (χ1n) is 9.51. The third-order valence-electron chi connectivity index (χ3n) is 4.67. The molecule has 0 aliphatic rings. The van der Waals surface area contributed by atoms with Crippen LogP contribution in [0.5, 0.6) is 5.75 Å². The summed E-state index contributed by atoms with van der Waals surface area (Å²) in [6.45, 7) is 3.90. The minimum absolute atomic E-state index is 0.280. The molecule has 1 aromatic carbocycles. The molecule has 7 nitrogen and oxygen atoms in total. The van der Waals surface area contributed by atoms with Crippen LogP contribution in [0.2, 0.25) is 0 Å². The molecule has 3 aromatic rings. The lowest BCUT2D eigenvalue weighted by Gasteiger charge is -2.27. The highest BCUT2D eigenvalue weighted by Gasteiger charge is 2.35. The second-order valence-electron chi connectivity index (χ2n) is 7.04. The second kappa shape index (κ2) is 8.77. The zero-order valence-electron chi connectivity index (χ0n) is 16.8. The summed E-state index contributed by atoms with van der Waals surface area (Å²) in [7, 11) is 1.32. The van der Waals surface area contributed by atoms with Crippen LogP contribution in [0, 0.1) is 0 Å². The van der Waals surface area contributed by atoms with Gasteiger partial charge < -0.3 is 19.2 Å². The fraction of sp³-hybridized carbons (Fsp3) is 0.318. The van der Waals surface area contributed by atoms with Crippen LogP contribution in [0.25, 0.3) is 5.65 Å². The first kappa shape index (κ1) is 20.4. The normalized spacial score (nSPS) is 12.9. The molecule has 1 N–H and O–H groups in total. The van der Waals surface area contributed by atoms with E-state index in [2.05, 4.69) is 10.3 Å². The number of amides is 1. The molecule has 29 heavy (non-hydrogen) atoms. The quantitative estimate of drug-likeness (QED) is 0.592. The van der Waals surface area contributed by atoms with Gasteiger partial charge in [0.1, 0.15) is 23.5 Å². The molecule has 1 unspecified atom stereocenters. The maximum atomic E-state index is 12.7. The van der Waals surface area contributed by atoms with Gasteiger partial charge in [0.2, 0.25) is 0 Å². The number of nitrogens with one attached hydrogen (secondary N) is 1. The van der Waals surface area contributed by atoms with Gasteiger partial charge in [-0.1, -0.05) is 25.5 Å². The minimum Gasteiger partial charge on any atom is -0.487 e. The van der Waals surface area contributed by atoms with Gasteiger partial charge in [-0.25, -0.2) is 9.78 Å².